The molecule has 1 aliphatic heterocycles. The second kappa shape index (κ2) is 8.18. The van der Waals surface area contributed by atoms with Gasteiger partial charge in [0.1, 0.15) is 11.4 Å². The molecule has 0 aliphatic carbocycles. The molecule has 1 N–H and O–H groups in total. The van der Waals surface area contributed by atoms with Gasteiger partial charge in [0.2, 0.25) is 0 Å². The van der Waals surface area contributed by atoms with Crippen molar-refractivity contribution in [2.75, 3.05) is 30.0 Å². The maximum Gasteiger partial charge on any atom is 0.414 e. The molecule has 0 saturated carbocycles. The summed E-state index contributed by atoms with van der Waals surface area (Å²) in [5, 5.41) is 7.98. The molecule has 8 heteroatoms. The van der Waals surface area contributed by atoms with Gasteiger partial charge in [0.25, 0.3) is 0 Å². The molecule has 3 rings (SSSR count). The van der Waals surface area contributed by atoms with Crippen LogP contribution in [0, 0.1) is 5.92 Å². The van der Waals surface area contributed by atoms with Crippen molar-refractivity contribution in [1.29, 1.82) is 0 Å². The Bertz CT molecular complexity index is 844. The molecule has 0 unspecified atom stereocenters. The fourth-order valence-corrected chi connectivity index (χ4v) is 3.32. The first-order valence-electron chi connectivity index (χ1n) is 10.2. The molecule has 1 aliphatic rings. The number of hydrogen-bond acceptors (Lipinski definition) is 6. The van der Waals surface area contributed by atoms with Crippen LogP contribution in [-0.4, -0.2) is 51.6 Å². The molecule has 2 aromatic heterocycles. The summed E-state index contributed by atoms with van der Waals surface area (Å²) in [6, 6.07) is 1.89. The summed E-state index contributed by atoms with van der Waals surface area (Å²) in [5.74, 6) is 1.03. The minimum Gasteiger partial charge on any atom is -0.443 e. The molecule has 29 heavy (non-hydrogen) atoms. The smallest absolute Gasteiger partial charge is 0.414 e. The number of hydrogen-bond donors (Lipinski definition) is 1. The van der Waals surface area contributed by atoms with Gasteiger partial charge in [-0.2, -0.15) is 0 Å². The molecule has 1 amide bonds. The quantitative estimate of drug-likeness (QED) is 0.827. The number of nitrogens with one attached hydrogen (secondary N) is 1. The van der Waals surface area contributed by atoms with Crippen molar-refractivity contribution in [3.05, 3.63) is 18.5 Å². The second-order valence-corrected chi connectivity index (χ2v) is 9.63. The molecule has 0 bridgehead atoms. The number of nitrogens with zero attached hydrogens (tertiary/aromatic N) is 4. The lowest BCUT2D eigenvalue weighted by Gasteiger charge is -2.32. The highest BCUT2D eigenvalue weighted by atomic mass is 16.6. The lowest BCUT2D eigenvalue weighted by molar-refractivity contribution is 0.0515. The predicted molar refractivity (Wildman–Crippen MR) is 113 cm³/mol. The number of rotatable bonds is 4. The molecule has 0 spiro atoms. The molecule has 0 radical (unpaired) electrons. The first kappa shape index (κ1) is 21.4. The summed E-state index contributed by atoms with van der Waals surface area (Å²) >= 11 is 0. The van der Waals surface area contributed by atoms with E-state index >= 15 is 0 Å². The number of anilines is 2. The van der Waals surface area contributed by atoms with Gasteiger partial charge in [-0.1, -0.05) is 0 Å². The van der Waals surface area contributed by atoms with Crippen LogP contribution in [0.3, 0.4) is 0 Å². The number of amides is 1. The van der Waals surface area contributed by atoms with Gasteiger partial charge in [0.05, 0.1) is 5.69 Å². The van der Waals surface area contributed by atoms with Crippen molar-refractivity contribution in [2.45, 2.75) is 65.5 Å². The zero-order chi connectivity index (χ0) is 21.2. The highest BCUT2D eigenvalue weighted by Crippen LogP contribution is 2.29. The Morgan fingerprint density at radius 1 is 1.28 bits per heavy atom. The van der Waals surface area contributed by atoms with Gasteiger partial charge < -0.3 is 14.8 Å². The molecule has 1 saturated heterocycles. The molecular formula is C21H33N5O3. The average molecular weight is 404 g/mol. The van der Waals surface area contributed by atoms with E-state index in [1.807, 2.05) is 26.8 Å². The number of carbonyl (C=O) groups is 1. The van der Waals surface area contributed by atoms with Crippen LogP contribution in [0.15, 0.2) is 18.5 Å². The average Bonchev–Trinajstić information content (AvgIpc) is 3.05. The second-order valence-electron chi connectivity index (χ2n) is 9.63. The van der Waals surface area contributed by atoms with Gasteiger partial charge >= 0.3 is 6.09 Å². The van der Waals surface area contributed by atoms with Crippen molar-refractivity contribution in [2.24, 2.45) is 5.92 Å². The number of carbonyl (C=O) groups excluding carboxylic acids is 1. The largest absolute Gasteiger partial charge is 0.443 e. The maximum atomic E-state index is 13.2. The van der Waals surface area contributed by atoms with Crippen LogP contribution in [0.5, 0.6) is 0 Å². The van der Waals surface area contributed by atoms with E-state index in [0.717, 1.165) is 26.1 Å². The van der Waals surface area contributed by atoms with E-state index in [0.29, 0.717) is 29.6 Å². The lowest BCUT2D eigenvalue weighted by atomic mass is 9.99. The number of fused-ring (bicyclic) bond motifs is 1. The van der Waals surface area contributed by atoms with Gasteiger partial charge in [-0.15, -0.1) is 5.10 Å². The number of aromatic nitrogens is 3. The van der Waals surface area contributed by atoms with Crippen molar-refractivity contribution in [1.82, 2.24) is 14.6 Å². The molecule has 0 aromatic carbocycles. The van der Waals surface area contributed by atoms with Crippen molar-refractivity contribution in [3.63, 3.8) is 0 Å². The fraction of sp³-hybridized carbons (Fsp3) is 0.667. The zero-order valence-corrected chi connectivity index (χ0v) is 18.4. The Morgan fingerprint density at radius 2 is 1.97 bits per heavy atom. The minimum atomic E-state index is -0.587. The fourth-order valence-electron chi connectivity index (χ4n) is 3.32. The molecule has 1 fully saturated rings. The lowest BCUT2D eigenvalue weighted by Crippen LogP contribution is -2.41. The SMILES string of the molecule is CC(C)(C)Nc1cc(N(CC2CCOCC2)C(=O)OC(C)(C)C)c2nccn2n1. The van der Waals surface area contributed by atoms with Gasteiger partial charge in [-0.05, 0) is 60.3 Å². The van der Waals surface area contributed by atoms with E-state index in [-0.39, 0.29) is 11.6 Å². The Kier molecular flexibility index (Phi) is 6.03. The van der Waals surface area contributed by atoms with Crippen LogP contribution in [0.4, 0.5) is 16.3 Å². The van der Waals surface area contributed by atoms with Crippen LogP contribution in [0.25, 0.3) is 5.65 Å². The highest BCUT2D eigenvalue weighted by Gasteiger charge is 2.29. The Morgan fingerprint density at radius 3 is 2.59 bits per heavy atom. The van der Waals surface area contributed by atoms with E-state index in [4.69, 9.17) is 9.47 Å². The van der Waals surface area contributed by atoms with E-state index in [2.05, 4.69) is 36.2 Å². The molecule has 0 atom stereocenters. The molecular weight excluding hydrogens is 370 g/mol. The number of ether oxygens (including phenoxy) is 2. The third-order valence-corrected chi connectivity index (χ3v) is 4.53. The molecule has 2 aromatic rings. The summed E-state index contributed by atoms with van der Waals surface area (Å²) < 4.78 is 12.9. The Hall–Kier alpha value is -2.35. The van der Waals surface area contributed by atoms with Crippen LogP contribution in [0.2, 0.25) is 0 Å². The van der Waals surface area contributed by atoms with Crippen molar-refractivity contribution < 1.29 is 14.3 Å². The Balaban J connectivity index is 2.01. The van der Waals surface area contributed by atoms with Gasteiger partial charge in [-0.3, -0.25) is 4.90 Å². The maximum absolute atomic E-state index is 13.2. The van der Waals surface area contributed by atoms with E-state index in [1.54, 1.807) is 21.8 Å². The predicted octanol–water partition coefficient (Wildman–Crippen LogP) is 4.11. The van der Waals surface area contributed by atoms with Crippen LogP contribution in [0.1, 0.15) is 54.4 Å². The van der Waals surface area contributed by atoms with E-state index in [9.17, 15) is 4.79 Å². The molecule has 8 nitrogen and oxygen atoms in total. The zero-order valence-electron chi connectivity index (χ0n) is 18.4. The van der Waals surface area contributed by atoms with E-state index < -0.39 is 5.60 Å². The standard InChI is InChI=1S/C21H33N5O3/c1-20(2,3)23-17-13-16(18-22-9-10-26(18)24-17)25(19(27)29-21(4,5)6)14-15-7-11-28-12-8-15/h9-10,13,15H,7-8,11-12,14H2,1-6H3,(H,23,24). The van der Waals surface area contributed by atoms with Crippen molar-refractivity contribution in [3.8, 4) is 0 Å². The summed E-state index contributed by atoms with van der Waals surface area (Å²) in [4.78, 5) is 19.3. The summed E-state index contributed by atoms with van der Waals surface area (Å²) in [7, 11) is 0. The van der Waals surface area contributed by atoms with Gasteiger partial charge in [0.15, 0.2) is 5.65 Å². The summed E-state index contributed by atoms with van der Waals surface area (Å²) in [6.45, 7) is 13.8. The Labute approximate surface area is 172 Å². The van der Waals surface area contributed by atoms with Gasteiger partial charge in [-0.25, -0.2) is 14.3 Å². The summed E-state index contributed by atoms with van der Waals surface area (Å²) in [6.07, 6.45) is 4.94. The van der Waals surface area contributed by atoms with Crippen LogP contribution >= 0.6 is 0 Å². The summed E-state index contributed by atoms with van der Waals surface area (Å²) in [5.41, 5.74) is 0.562. The third-order valence-electron chi connectivity index (χ3n) is 4.53. The molecule has 3 heterocycles. The molecule has 160 valence electrons. The van der Waals surface area contributed by atoms with E-state index in [1.165, 1.54) is 0 Å². The number of imidazole rings is 1. The minimum absolute atomic E-state index is 0.171. The third kappa shape index (κ3) is 5.82. The normalized spacial score (nSPS) is 16.1. The monoisotopic (exact) mass is 403 g/mol. The first-order valence-corrected chi connectivity index (χ1v) is 10.2. The highest BCUT2D eigenvalue weighted by molar-refractivity contribution is 5.93. The van der Waals surface area contributed by atoms with Crippen molar-refractivity contribution >= 4 is 23.2 Å². The van der Waals surface area contributed by atoms with Crippen LogP contribution < -0.4 is 10.2 Å². The topological polar surface area (TPSA) is 81.0 Å². The van der Waals surface area contributed by atoms with Crippen LogP contribution in [-0.2, 0) is 9.47 Å². The first-order chi connectivity index (χ1) is 13.5. The van der Waals surface area contributed by atoms with Gasteiger partial charge in [0, 0.05) is 43.8 Å².